The van der Waals surface area contributed by atoms with E-state index in [0.717, 1.165) is 11.8 Å². The Labute approximate surface area is 186 Å². The van der Waals surface area contributed by atoms with Gasteiger partial charge in [-0.25, -0.2) is 9.59 Å². The van der Waals surface area contributed by atoms with Gasteiger partial charge in [0.05, 0.1) is 24.3 Å². The lowest BCUT2D eigenvalue weighted by Crippen LogP contribution is -2.11. The molecule has 0 aliphatic heterocycles. The van der Waals surface area contributed by atoms with Crippen LogP contribution in [0.5, 0.6) is 0 Å². The van der Waals surface area contributed by atoms with Gasteiger partial charge in [-0.1, -0.05) is 87.8 Å². The fourth-order valence-electron chi connectivity index (χ4n) is 4.56. The molecule has 0 bridgehead atoms. The molecule has 2 aromatic rings. The molecule has 2 saturated carbocycles. The summed E-state index contributed by atoms with van der Waals surface area (Å²) in [6, 6.07) is 17.5. The highest BCUT2D eigenvalue weighted by atomic mass is 16.5. The number of carbonyl (C=O) groups is 2. The first kappa shape index (κ1) is 23.1. The Balaban J connectivity index is 0.000000225. The van der Waals surface area contributed by atoms with Gasteiger partial charge in [0.1, 0.15) is 0 Å². The van der Waals surface area contributed by atoms with Crippen molar-refractivity contribution < 1.29 is 19.1 Å². The van der Waals surface area contributed by atoms with Gasteiger partial charge in [-0.05, 0) is 36.1 Å². The summed E-state index contributed by atoms with van der Waals surface area (Å²) < 4.78 is 10.2. The molecule has 2 aliphatic carbocycles. The molecule has 0 spiro atoms. The summed E-state index contributed by atoms with van der Waals surface area (Å²) in [5.41, 5.74) is 1.03. The lowest BCUT2D eigenvalue weighted by molar-refractivity contribution is 0.0396. The van der Waals surface area contributed by atoms with E-state index >= 15 is 0 Å². The first-order chi connectivity index (χ1) is 15.2. The van der Waals surface area contributed by atoms with Crippen LogP contribution >= 0.6 is 0 Å². The molecule has 31 heavy (non-hydrogen) atoms. The topological polar surface area (TPSA) is 52.6 Å². The minimum Gasteiger partial charge on any atom is -0.462 e. The summed E-state index contributed by atoms with van der Waals surface area (Å²) in [4.78, 5) is 23.3. The quantitative estimate of drug-likeness (QED) is 0.380. The molecule has 0 N–H and O–H groups in total. The van der Waals surface area contributed by atoms with E-state index in [9.17, 15) is 9.59 Å². The van der Waals surface area contributed by atoms with Crippen molar-refractivity contribution in [2.24, 2.45) is 11.8 Å². The highest BCUT2D eigenvalue weighted by molar-refractivity contribution is 5.89. The third-order valence-electron chi connectivity index (χ3n) is 6.24. The van der Waals surface area contributed by atoms with Crippen LogP contribution < -0.4 is 0 Å². The maximum absolute atomic E-state index is 11.6. The molecule has 4 nitrogen and oxygen atoms in total. The Kier molecular flexibility index (Phi) is 9.62. The largest absolute Gasteiger partial charge is 0.462 e. The normalized spacial score (nSPS) is 16.4. The van der Waals surface area contributed by atoms with Crippen LogP contribution in [0.25, 0.3) is 0 Å². The molecular weight excluding hydrogens is 388 g/mol. The molecule has 166 valence electrons. The van der Waals surface area contributed by atoms with Crippen molar-refractivity contribution in [1.82, 2.24) is 0 Å². The first-order valence-electron chi connectivity index (χ1n) is 11.7. The van der Waals surface area contributed by atoms with Crippen LogP contribution in [0, 0.1) is 11.8 Å². The number of carbonyl (C=O) groups excluding carboxylic acids is 2. The predicted octanol–water partition coefficient (Wildman–Crippen LogP) is 6.46. The molecule has 0 unspecified atom stereocenters. The Morgan fingerprint density at radius 3 is 1.32 bits per heavy atom. The number of benzene rings is 2. The van der Waals surface area contributed by atoms with E-state index in [2.05, 4.69) is 0 Å². The van der Waals surface area contributed by atoms with E-state index in [0.29, 0.717) is 17.5 Å². The second-order valence-corrected chi connectivity index (χ2v) is 8.45. The number of hydrogen-bond acceptors (Lipinski definition) is 4. The van der Waals surface area contributed by atoms with Crippen LogP contribution in [0.2, 0.25) is 0 Å². The summed E-state index contributed by atoms with van der Waals surface area (Å²) in [5, 5.41) is 0. The number of rotatable bonds is 7. The van der Waals surface area contributed by atoms with Crippen LogP contribution in [-0.4, -0.2) is 25.2 Å². The van der Waals surface area contributed by atoms with Gasteiger partial charge in [0.25, 0.3) is 0 Å². The Morgan fingerprint density at radius 2 is 0.968 bits per heavy atom. The summed E-state index contributed by atoms with van der Waals surface area (Å²) in [6.45, 7) is 0.436. The SMILES string of the molecule is C1CCC(C2CCCC2)C1.O=C(OCCCOC(=O)c1ccccc1)c1ccccc1. The highest BCUT2D eigenvalue weighted by Crippen LogP contribution is 2.40. The molecule has 0 amide bonds. The molecular formula is C27H34O4. The molecule has 2 aromatic carbocycles. The molecule has 0 aromatic heterocycles. The number of esters is 2. The maximum atomic E-state index is 11.6. The van der Waals surface area contributed by atoms with Gasteiger partial charge in [0, 0.05) is 6.42 Å². The van der Waals surface area contributed by atoms with E-state index in [1.54, 1.807) is 74.2 Å². The second-order valence-electron chi connectivity index (χ2n) is 8.45. The first-order valence-corrected chi connectivity index (χ1v) is 11.7. The van der Waals surface area contributed by atoms with Crippen LogP contribution in [0.3, 0.4) is 0 Å². The van der Waals surface area contributed by atoms with Crippen LogP contribution in [0.15, 0.2) is 60.7 Å². The molecule has 2 fully saturated rings. The molecule has 2 aliphatic rings. The molecule has 4 rings (SSSR count). The number of hydrogen-bond donors (Lipinski definition) is 0. The smallest absolute Gasteiger partial charge is 0.338 e. The fraction of sp³-hybridized carbons (Fsp3) is 0.481. The third kappa shape index (κ3) is 7.86. The van der Waals surface area contributed by atoms with Crippen LogP contribution in [-0.2, 0) is 9.47 Å². The molecule has 0 heterocycles. The van der Waals surface area contributed by atoms with E-state index in [4.69, 9.17) is 9.47 Å². The zero-order valence-corrected chi connectivity index (χ0v) is 18.3. The predicted molar refractivity (Wildman–Crippen MR) is 122 cm³/mol. The summed E-state index contributed by atoms with van der Waals surface area (Å²) in [6.07, 6.45) is 12.8. The monoisotopic (exact) mass is 422 g/mol. The van der Waals surface area contributed by atoms with Crippen molar-refractivity contribution in [3.8, 4) is 0 Å². The molecule has 0 saturated heterocycles. The highest BCUT2D eigenvalue weighted by Gasteiger charge is 2.26. The van der Waals surface area contributed by atoms with Crippen molar-refractivity contribution in [3.63, 3.8) is 0 Å². The van der Waals surface area contributed by atoms with Crippen molar-refractivity contribution >= 4 is 11.9 Å². The minimum atomic E-state index is -0.370. The van der Waals surface area contributed by atoms with E-state index in [-0.39, 0.29) is 25.2 Å². The summed E-state index contributed by atoms with van der Waals surface area (Å²) in [7, 11) is 0. The molecule has 0 radical (unpaired) electrons. The third-order valence-corrected chi connectivity index (χ3v) is 6.24. The van der Waals surface area contributed by atoms with Crippen molar-refractivity contribution in [2.75, 3.05) is 13.2 Å². The maximum Gasteiger partial charge on any atom is 0.338 e. The van der Waals surface area contributed by atoms with Crippen molar-refractivity contribution in [3.05, 3.63) is 71.8 Å². The van der Waals surface area contributed by atoms with Gasteiger partial charge in [-0.3, -0.25) is 0 Å². The van der Waals surface area contributed by atoms with Crippen LogP contribution in [0.1, 0.15) is 78.5 Å². The van der Waals surface area contributed by atoms with Gasteiger partial charge >= 0.3 is 11.9 Å². The standard InChI is InChI=1S/C17H16O4.C10H18/c18-16(14-8-3-1-4-9-14)20-12-7-13-21-17(19)15-10-5-2-6-11-15;1-2-6-9(5-1)10-7-3-4-8-10/h1-6,8-11H,7,12-13H2;9-10H,1-8H2. The minimum absolute atomic E-state index is 0.218. The van der Waals surface area contributed by atoms with Gasteiger partial charge in [-0.2, -0.15) is 0 Å². The molecule has 0 atom stereocenters. The zero-order valence-electron chi connectivity index (χ0n) is 18.3. The Bertz CT molecular complexity index is 708. The van der Waals surface area contributed by atoms with Gasteiger partial charge < -0.3 is 9.47 Å². The summed E-state index contributed by atoms with van der Waals surface area (Å²) >= 11 is 0. The average molecular weight is 423 g/mol. The van der Waals surface area contributed by atoms with Gasteiger partial charge in [-0.15, -0.1) is 0 Å². The van der Waals surface area contributed by atoms with Crippen molar-refractivity contribution in [2.45, 2.75) is 57.8 Å². The lowest BCUT2D eigenvalue weighted by atomic mass is 9.90. The lowest BCUT2D eigenvalue weighted by Gasteiger charge is -2.16. The van der Waals surface area contributed by atoms with Crippen LogP contribution in [0.4, 0.5) is 0 Å². The van der Waals surface area contributed by atoms with Gasteiger partial charge in [0.15, 0.2) is 0 Å². The fourth-order valence-corrected chi connectivity index (χ4v) is 4.56. The Hall–Kier alpha value is -2.62. The second kappa shape index (κ2) is 12.9. The van der Waals surface area contributed by atoms with Crippen molar-refractivity contribution in [1.29, 1.82) is 0 Å². The van der Waals surface area contributed by atoms with E-state index in [1.165, 1.54) is 25.7 Å². The zero-order chi connectivity index (χ0) is 21.7. The van der Waals surface area contributed by atoms with E-state index < -0.39 is 0 Å². The number of ether oxygens (including phenoxy) is 2. The summed E-state index contributed by atoms with van der Waals surface area (Å²) in [5.74, 6) is 1.57. The van der Waals surface area contributed by atoms with Gasteiger partial charge in [0.2, 0.25) is 0 Å². The van der Waals surface area contributed by atoms with E-state index in [1.807, 2.05) is 12.1 Å². The Morgan fingerprint density at radius 1 is 0.613 bits per heavy atom. The molecule has 4 heteroatoms. The average Bonchev–Trinajstić information content (AvgIpc) is 3.54.